The number of nitrogens with one attached hydrogen (secondary N) is 1. The smallest absolute Gasteiger partial charge is 0.387 e. The summed E-state index contributed by atoms with van der Waals surface area (Å²) in [6, 6.07) is 5.82. The monoisotopic (exact) mass is 299 g/mol. The van der Waals surface area contributed by atoms with Crippen LogP contribution in [0.4, 0.5) is 14.5 Å². The van der Waals surface area contributed by atoms with Crippen molar-refractivity contribution in [3.8, 4) is 5.75 Å². The standard InChI is InChI=1S/C12H8ClF2N3O2/c13-10-6-16-8(5-17-10)11(19)18-7-3-1-2-4-9(7)20-12(14)15/h1-6,12H,(H,18,19). The first-order valence-electron chi connectivity index (χ1n) is 5.39. The van der Waals surface area contributed by atoms with Gasteiger partial charge in [0.25, 0.3) is 5.91 Å². The molecule has 0 saturated carbocycles. The van der Waals surface area contributed by atoms with Crippen LogP contribution in [0.15, 0.2) is 36.7 Å². The molecule has 1 heterocycles. The van der Waals surface area contributed by atoms with E-state index < -0.39 is 12.5 Å². The molecular weight excluding hydrogens is 292 g/mol. The average molecular weight is 300 g/mol. The van der Waals surface area contributed by atoms with Crippen LogP contribution in [-0.2, 0) is 0 Å². The third-order valence-corrected chi connectivity index (χ3v) is 2.40. The van der Waals surface area contributed by atoms with Crippen LogP contribution in [0.3, 0.4) is 0 Å². The number of ether oxygens (including phenoxy) is 1. The maximum absolute atomic E-state index is 12.2. The molecule has 0 fully saturated rings. The lowest BCUT2D eigenvalue weighted by molar-refractivity contribution is -0.0493. The van der Waals surface area contributed by atoms with Crippen LogP contribution >= 0.6 is 11.6 Å². The minimum Gasteiger partial charge on any atom is -0.433 e. The van der Waals surface area contributed by atoms with Crippen molar-refractivity contribution in [2.24, 2.45) is 0 Å². The normalized spacial score (nSPS) is 10.4. The Labute approximate surface area is 117 Å². The van der Waals surface area contributed by atoms with Gasteiger partial charge in [-0.2, -0.15) is 8.78 Å². The highest BCUT2D eigenvalue weighted by molar-refractivity contribution is 6.29. The summed E-state index contributed by atoms with van der Waals surface area (Å²) in [5, 5.41) is 2.55. The zero-order valence-corrected chi connectivity index (χ0v) is 10.6. The van der Waals surface area contributed by atoms with Gasteiger partial charge in [-0.25, -0.2) is 9.97 Å². The molecular formula is C12H8ClF2N3O2. The number of alkyl halides is 2. The van der Waals surface area contributed by atoms with Crippen molar-refractivity contribution in [2.75, 3.05) is 5.32 Å². The quantitative estimate of drug-likeness (QED) is 0.942. The van der Waals surface area contributed by atoms with E-state index in [-0.39, 0.29) is 22.3 Å². The van der Waals surface area contributed by atoms with E-state index in [4.69, 9.17) is 11.6 Å². The molecule has 1 aromatic heterocycles. The van der Waals surface area contributed by atoms with Crippen molar-refractivity contribution in [1.29, 1.82) is 0 Å². The Morgan fingerprint density at radius 1 is 1.25 bits per heavy atom. The molecule has 0 aliphatic heterocycles. The number of amides is 1. The first kappa shape index (κ1) is 14.1. The van der Waals surface area contributed by atoms with E-state index in [2.05, 4.69) is 20.0 Å². The number of halogens is 3. The Bertz CT molecular complexity index is 608. The molecule has 1 N–H and O–H groups in total. The maximum atomic E-state index is 12.2. The predicted octanol–water partition coefficient (Wildman–Crippen LogP) is 2.98. The summed E-state index contributed by atoms with van der Waals surface area (Å²) >= 11 is 5.55. The van der Waals surface area contributed by atoms with Crippen LogP contribution in [0.25, 0.3) is 0 Å². The molecule has 0 saturated heterocycles. The molecule has 104 valence electrons. The van der Waals surface area contributed by atoms with E-state index in [1.165, 1.54) is 30.6 Å². The summed E-state index contributed by atoms with van der Waals surface area (Å²) in [6.07, 6.45) is 2.38. The fraction of sp³-hybridized carbons (Fsp3) is 0.0833. The minimum absolute atomic E-state index is 0.00116. The number of hydrogen-bond donors (Lipinski definition) is 1. The number of aromatic nitrogens is 2. The van der Waals surface area contributed by atoms with Crippen molar-refractivity contribution >= 4 is 23.2 Å². The number of para-hydroxylation sites is 2. The molecule has 0 atom stereocenters. The largest absolute Gasteiger partial charge is 0.433 e. The van der Waals surface area contributed by atoms with E-state index >= 15 is 0 Å². The zero-order valence-electron chi connectivity index (χ0n) is 9.89. The van der Waals surface area contributed by atoms with E-state index in [0.717, 1.165) is 0 Å². The van der Waals surface area contributed by atoms with Gasteiger partial charge in [0, 0.05) is 0 Å². The fourth-order valence-corrected chi connectivity index (χ4v) is 1.48. The van der Waals surface area contributed by atoms with Crippen molar-refractivity contribution in [2.45, 2.75) is 6.61 Å². The highest BCUT2D eigenvalue weighted by atomic mass is 35.5. The third-order valence-electron chi connectivity index (χ3n) is 2.20. The van der Waals surface area contributed by atoms with Gasteiger partial charge in [0.1, 0.15) is 16.6 Å². The molecule has 0 aliphatic carbocycles. The van der Waals surface area contributed by atoms with Crippen LogP contribution in [0.2, 0.25) is 5.15 Å². The summed E-state index contributed by atoms with van der Waals surface area (Å²) in [7, 11) is 0. The van der Waals surface area contributed by atoms with Crippen molar-refractivity contribution in [3.63, 3.8) is 0 Å². The topological polar surface area (TPSA) is 64.1 Å². The van der Waals surface area contributed by atoms with Crippen molar-refractivity contribution in [3.05, 3.63) is 47.5 Å². The van der Waals surface area contributed by atoms with E-state index in [1.807, 2.05) is 0 Å². The molecule has 1 amide bonds. The van der Waals surface area contributed by atoms with Gasteiger partial charge in [0.15, 0.2) is 0 Å². The summed E-state index contributed by atoms with van der Waals surface area (Å²) < 4.78 is 28.8. The fourth-order valence-electron chi connectivity index (χ4n) is 1.38. The van der Waals surface area contributed by atoms with Crippen molar-refractivity contribution < 1.29 is 18.3 Å². The van der Waals surface area contributed by atoms with Gasteiger partial charge >= 0.3 is 6.61 Å². The molecule has 0 bridgehead atoms. The first-order valence-corrected chi connectivity index (χ1v) is 5.77. The first-order chi connectivity index (χ1) is 9.56. The van der Waals surface area contributed by atoms with Crippen LogP contribution < -0.4 is 10.1 Å². The average Bonchev–Trinajstić information content (AvgIpc) is 2.41. The van der Waals surface area contributed by atoms with Crippen LogP contribution in [0, 0.1) is 0 Å². The molecule has 8 heteroatoms. The molecule has 1 aromatic carbocycles. The SMILES string of the molecule is O=C(Nc1ccccc1OC(F)F)c1cnc(Cl)cn1. The number of nitrogens with zero attached hydrogens (tertiary/aromatic N) is 2. The molecule has 0 radical (unpaired) electrons. The number of anilines is 1. The predicted molar refractivity (Wildman–Crippen MR) is 68.1 cm³/mol. The number of rotatable bonds is 4. The highest BCUT2D eigenvalue weighted by Crippen LogP contribution is 2.25. The van der Waals surface area contributed by atoms with Gasteiger partial charge in [-0.3, -0.25) is 4.79 Å². The molecule has 5 nitrogen and oxygen atoms in total. The summed E-state index contributed by atoms with van der Waals surface area (Å²) in [6.45, 7) is -2.98. The summed E-state index contributed by atoms with van der Waals surface area (Å²) in [5.41, 5.74) is 0.107. The van der Waals surface area contributed by atoms with Crippen LogP contribution in [0.1, 0.15) is 10.5 Å². The molecule has 20 heavy (non-hydrogen) atoms. The van der Waals surface area contributed by atoms with Gasteiger partial charge in [-0.1, -0.05) is 23.7 Å². The summed E-state index contributed by atoms with van der Waals surface area (Å²) in [4.78, 5) is 19.3. The second-order valence-electron chi connectivity index (χ2n) is 3.55. The Hall–Kier alpha value is -2.28. The zero-order chi connectivity index (χ0) is 14.5. The van der Waals surface area contributed by atoms with E-state index in [1.54, 1.807) is 6.07 Å². The number of benzene rings is 1. The lowest BCUT2D eigenvalue weighted by Crippen LogP contribution is -2.15. The van der Waals surface area contributed by atoms with Gasteiger partial charge in [-0.15, -0.1) is 0 Å². The van der Waals surface area contributed by atoms with Crippen LogP contribution in [-0.4, -0.2) is 22.5 Å². The Morgan fingerprint density at radius 3 is 2.65 bits per heavy atom. The second kappa shape index (κ2) is 6.25. The van der Waals surface area contributed by atoms with Gasteiger partial charge in [0.05, 0.1) is 18.1 Å². The summed E-state index contributed by atoms with van der Waals surface area (Å²) in [5.74, 6) is -0.753. The van der Waals surface area contributed by atoms with Gasteiger partial charge < -0.3 is 10.1 Å². The third kappa shape index (κ3) is 3.61. The minimum atomic E-state index is -2.98. The van der Waals surface area contributed by atoms with E-state index in [0.29, 0.717) is 0 Å². The Morgan fingerprint density at radius 2 is 2.00 bits per heavy atom. The molecule has 0 unspecified atom stereocenters. The van der Waals surface area contributed by atoms with E-state index in [9.17, 15) is 13.6 Å². The van der Waals surface area contributed by atoms with Crippen molar-refractivity contribution in [1.82, 2.24) is 9.97 Å². The highest BCUT2D eigenvalue weighted by Gasteiger charge is 2.13. The molecule has 2 rings (SSSR count). The maximum Gasteiger partial charge on any atom is 0.387 e. The number of carbonyl (C=O) groups excluding carboxylic acids is 1. The van der Waals surface area contributed by atoms with Gasteiger partial charge in [0.2, 0.25) is 0 Å². The number of carbonyl (C=O) groups is 1. The number of hydrogen-bond acceptors (Lipinski definition) is 4. The Kier molecular flexibility index (Phi) is 4.41. The molecule has 0 spiro atoms. The lowest BCUT2D eigenvalue weighted by Gasteiger charge is -2.11. The van der Waals surface area contributed by atoms with Gasteiger partial charge in [-0.05, 0) is 12.1 Å². The Balaban J connectivity index is 2.17. The lowest BCUT2D eigenvalue weighted by atomic mass is 10.3. The second-order valence-corrected chi connectivity index (χ2v) is 3.94. The molecule has 2 aromatic rings. The van der Waals surface area contributed by atoms with Crippen LogP contribution in [0.5, 0.6) is 5.75 Å². The molecule has 0 aliphatic rings.